The highest BCUT2D eigenvalue weighted by Gasteiger charge is 2.17. The molecule has 2 amide bonds. The largest absolute Gasteiger partial charge is 0.395 e. The molecule has 2 atom stereocenters. The maximum absolute atomic E-state index is 13.0. The number of carbonyl (C=O) groups is 2. The summed E-state index contributed by atoms with van der Waals surface area (Å²) in [7, 11) is 0. The summed E-state index contributed by atoms with van der Waals surface area (Å²) in [4.78, 5) is 23.4. The molecule has 0 radical (unpaired) electrons. The zero-order valence-electron chi connectivity index (χ0n) is 11.8. The van der Waals surface area contributed by atoms with Gasteiger partial charge in [-0.2, -0.15) is 0 Å². The van der Waals surface area contributed by atoms with Crippen LogP contribution in [-0.4, -0.2) is 35.6 Å². The zero-order valence-corrected chi connectivity index (χ0v) is 11.8. The van der Waals surface area contributed by atoms with Gasteiger partial charge in [0.2, 0.25) is 11.8 Å². The van der Waals surface area contributed by atoms with Gasteiger partial charge in [-0.25, -0.2) is 8.78 Å². The minimum atomic E-state index is -0.782. The molecule has 0 aliphatic carbocycles. The number of rotatable bonds is 6. The van der Waals surface area contributed by atoms with Crippen LogP contribution in [-0.2, 0) is 16.0 Å². The first-order chi connectivity index (χ1) is 9.81. The summed E-state index contributed by atoms with van der Waals surface area (Å²) in [5.74, 6) is -2.79. The first-order valence-corrected chi connectivity index (χ1v) is 6.47. The van der Waals surface area contributed by atoms with Crippen LogP contribution >= 0.6 is 0 Å². The highest BCUT2D eigenvalue weighted by atomic mass is 19.1. The number of benzene rings is 1. The molecule has 0 saturated carbocycles. The molecule has 0 fully saturated rings. The number of aliphatic hydroxyl groups is 1. The van der Waals surface area contributed by atoms with E-state index in [0.29, 0.717) is 6.07 Å². The summed E-state index contributed by atoms with van der Waals surface area (Å²) < 4.78 is 26.0. The smallest absolute Gasteiger partial charge is 0.243 e. The van der Waals surface area contributed by atoms with Crippen molar-refractivity contribution in [2.75, 3.05) is 6.61 Å². The fourth-order valence-corrected chi connectivity index (χ4v) is 1.74. The van der Waals surface area contributed by atoms with Crippen LogP contribution in [0.4, 0.5) is 8.78 Å². The molecular formula is C14H18F2N2O3. The molecular weight excluding hydrogens is 282 g/mol. The third-order valence-corrected chi connectivity index (χ3v) is 2.75. The van der Waals surface area contributed by atoms with E-state index in [-0.39, 0.29) is 24.6 Å². The third-order valence-electron chi connectivity index (χ3n) is 2.75. The SMILES string of the molecule is CC(CO)N[C@@H](C)C(=O)NC(=O)Cc1cc(F)cc(F)c1. The lowest BCUT2D eigenvalue weighted by Gasteiger charge is -2.17. The van der Waals surface area contributed by atoms with Gasteiger partial charge in [-0.1, -0.05) is 0 Å². The van der Waals surface area contributed by atoms with Crippen molar-refractivity contribution >= 4 is 11.8 Å². The number of hydrogen-bond donors (Lipinski definition) is 3. The molecule has 21 heavy (non-hydrogen) atoms. The number of amides is 2. The highest BCUT2D eigenvalue weighted by molar-refractivity contribution is 5.98. The Labute approximate surface area is 121 Å². The summed E-state index contributed by atoms with van der Waals surface area (Å²) in [6, 6.07) is 1.79. The maximum Gasteiger partial charge on any atom is 0.243 e. The Kier molecular flexibility index (Phi) is 6.39. The highest BCUT2D eigenvalue weighted by Crippen LogP contribution is 2.08. The Morgan fingerprint density at radius 3 is 2.29 bits per heavy atom. The fourth-order valence-electron chi connectivity index (χ4n) is 1.74. The Morgan fingerprint density at radius 2 is 1.76 bits per heavy atom. The number of halogens is 2. The molecule has 5 nitrogen and oxygen atoms in total. The fraction of sp³-hybridized carbons (Fsp3) is 0.429. The van der Waals surface area contributed by atoms with Crippen molar-refractivity contribution in [3.05, 3.63) is 35.4 Å². The predicted octanol–water partition coefficient (Wildman–Crippen LogP) is 0.509. The van der Waals surface area contributed by atoms with Gasteiger partial charge in [0, 0.05) is 12.1 Å². The van der Waals surface area contributed by atoms with E-state index in [1.165, 1.54) is 6.92 Å². The summed E-state index contributed by atoms with van der Waals surface area (Å²) in [5, 5.41) is 13.8. The third kappa shape index (κ3) is 5.97. The molecule has 0 aromatic heterocycles. The first-order valence-electron chi connectivity index (χ1n) is 6.47. The normalized spacial score (nSPS) is 13.6. The second-order valence-corrected chi connectivity index (χ2v) is 4.84. The topological polar surface area (TPSA) is 78.4 Å². The molecule has 0 aliphatic heterocycles. The number of imide groups is 1. The van der Waals surface area contributed by atoms with Crippen molar-refractivity contribution in [3.63, 3.8) is 0 Å². The van der Waals surface area contributed by atoms with Crippen LogP contribution in [0.2, 0.25) is 0 Å². The lowest BCUT2D eigenvalue weighted by molar-refractivity contribution is -0.131. The van der Waals surface area contributed by atoms with E-state index in [1.807, 2.05) is 0 Å². The average molecular weight is 300 g/mol. The average Bonchev–Trinajstić information content (AvgIpc) is 2.36. The standard InChI is InChI=1S/C14H18F2N2O3/c1-8(7-19)17-9(2)14(21)18-13(20)5-10-3-11(15)6-12(16)4-10/h3-4,6,8-9,17,19H,5,7H2,1-2H3,(H,18,20,21)/t8?,9-/m0/s1. The van der Waals surface area contributed by atoms with Crippen LogP contribution in [0.1, 0.15) is 19.4 Å². The van der Waals surface area contributed by atoms with Crippen LogP contribution in [0.15, 0.2) is 18.2 Å². The predicted molar refractivity (Wildman–Crippen MR) is 72.4 cm³/mol. The quantitative estimate of drug-likeness (QED) is 0.715. The van der Waals surface area contributed by atoms with Crippen molar-refractivity contribution < 1.29 is 23.5 Å². The van der Waals surface area contributed by atoms with E-state index >= 15 is 0 Å². The Bertz CT molecular complexity index is 503. The Morgan fingerprint density at radius 1 is 1.19 bits per heavy atom. The minimum Gasteiger partial charge on any atom is -0.395 e. The molecule has 7 heteroatoms. The molecule has 0 heterocycles. The molecule has 1 unspecified atom stereocenters. The van der Waals surface area contributed by atoms with Gasteiger partial charge in [0.1, 0.15) is 11.6 Å². The van der Waals surface area contributed by atoms with Gasteiger partial charge in [0.25, 0.3) is 0 Å². The molecule has 0 bridgehead atoms. The molecule has 0 saturated heterocycles. The van der Waals surface area contributed by atoms with E-state index in [4.69, 9.17) is 5.11 Å². The van der Waals surface area contributed by atoms with Crippen LogP contribution in [0, 0.1) is 11.6 Å². The van der Waals surface area contributed by atoms with Crippen molar-refractivity contribution in [2.45, 2.75) is 32.4 Å². The lowest BCUT2D eigenvalue weighted by atomic mass is 10.1. The van der Waals surface area contributed by atoms with E-state index in [9.17, 15) is 18.4 Å². The summed E-state index contributed by atoms with van der Waals surface area (Å²) in [6.07, 6.45) is -0.303. The molecule has 1 aromatic carbocycles. The first kappa shape index (κ1) is 17.2. The molecule has 0 spiro atoms. The van der Waals surface area contributed by atoms with Crippen molar-refractivity contribution in [2.24, 2.45) is 0 Å². The zero-order chi connectivity index (χ0) is 16.0. The van der Waals surface area contributed by atoms with Crippen LogP contribution in [0.5, 0.6) is 0 Å². The van der Waals surface area contributed by atoms with Crippen LogP contribution < -0.4 is 10.6 Å². The van der Waals surface area contributed by atoms with E-state index in [0.717, 1.165) is 12.1 Å². The maximum atomic E-state index is 13.0. The molecule has 0 aliphatic rings. The molecule has 116 valence electrons. The van der Waals surface area contributed by atoms with Crippen molar-refractivity contribution in [1.29, 1.82) is 0 Å². The van der Waals surface area contributed by atoms with Gasteiger partial charge in [-0.05, 0) is 31.5 Å². The van der Waals surface area contributed by atoms with Gasteiger partial charge in [-0.15, -0.1) is 0 Å². The van der Waals surface area contributed by atoms with Crippen LogP contribution in [0.3, 0.4) is 0 Å². The minimum absolute atomic E-state index is 0.141. The van der Waals surface area contributed by atoms with E-state index < -0.39 is 29.5 Å². The summed E-state index contributed by atoms with van der Waals surface area (Å²) in [5.41, 5.74) is 0.141. The van der Waals surface area contributed by atoms with Gasteiger partial charge < -0.3 is 10.4 Å². The summed E-state index contributed by atoms with van der Waals surface area (Å²) in [6.45, 7) is 3.08. The number of hydrogen-bond acceptors (Lipinski definition) is 4. The van der Waals surface area contributed by atoms with Crippen molar-refractivity contribution in [3.8, 4) is 0 Å². The Hall–Kier alpha value is -1.86. The number of aliphatic hydroxyl groups excluding tert-OH is 1. The lowest BCUT2D eigenvalue weighted by Crippen LogP contribution is -2.48. The van der Waals surface area contributed by atoms with Gasteiger partial charge in [0.15, 0.2) is 0 Å². The molecule has 1 rings (SSSR count). The van der Waals surface area contributed by atoms with Gasteiger partial charge >= 0.3 is 0 Å². The van der Waals surface area contributed by atoms with Gasteiger partial charge in [-0.3, -0.25) is 14.9 Å². The van der Waals surface area contributed by atoms with Gasteiger partial charge in [0.05, 0.1) is 19.1 Å². The van der Waals surface area contributed by atoms with E-state index in [2.05, 4.69) is 10.6 Å². The second-order valence-electron chi connectivity index (χ2n) is 4.84. The van der Waals surface area contributed by atoms with E-state index in [1.54, 1.807) is 6.92 Å². The van der Waals surface area contributed by atoms with Crippen molar-refractivity contribution in [1.82, 2.24) is 10.6 Å². The summed E-state index contributed by atoms with van der Waals surface area (Å²) >= 11 is 0. The Balaban J connectivity index is 2.55. The number of carbonyl (C=O) groups excluding carboxylic acids is 2. The molecule has 1 aromatic rings. The molecule has 3 N–H and O–H groups in total. The number of nitrogens with one attached hydrogen (secondary N) is 2. The monoisotopic (exact) mass is 300 g/mol. The van der Waals surface area contributed by atoms with Crippen LogP contribution in [0.25, 0.3) is 0 Å². The second kappa shape index (κ2) is 7.80.